The molecule has 0 radical (unpaired) electrons. The highest BCUT2D eigenvalue weighted by Gasteiger charge is 2.15. The molecule has 0 unspecified atom stereocenters. The molecule has 7 heteroatoms. The average Bonchev–Trinajstić information content (AvgIpc) is 3.06. The number of benzene rings is 2. The Morgan fingerprint density at radius 3 is 2.73 bits per heavy atom. The molecule has 4 aromatic rings. The summed E-state index contributed by atoms with van der Waals surface area (Å²) < 4.78 is 19.3. The lowest BCUT2D eigenvalue weighted by atomic mass is 10.1. The summed E-state index contributed by atoms with van der Waals surface area (Å²) in [5.74, 6) is -0.819. The van der Waals surface area contributed by atoms with E-state index in [1.165, 1.54) is 18.2 Å². The van der Waals surface area contributed by atoms with Crippen LogP contribution in [-0.2, 0) is 0 Å². The highest BCUT2D eigenvalue weighted by molar-refractivity contribution is 6.33. The summed E-state index contributed by atoms with van der Waals surface area (Å²) in [6.07, 6.45) is 1.62. The Morgan fingerprint density at radius 1 is 1.12 bits per heavy atom. The summed E-state index contributed by atoms with van der Waals surface area (Å²) in [5.41, 5.74) is 1.98. The zero-order valence-corrected chi connectivity index (χ0v) is 14.0. The number of aromatic nitrogens is 2. The largest absolute Gasteiger partial charge is 0.434 e. The van der Waals surface area contributed by atoms with Crippen molar-refractivity contribution in [2.24, 2.45) is 0 Å². The molecule has 2 aromatic carbocycles. The van der Waals surface area contributed by atoms with E-state index in [9.17, 15) is 9.18 Å². The summed E-state index contributed by atoms with van der Waals surface area (Å²) in [6, 6.07) is 14.1. The van der Waals surface area contributed by atoms with Crippen molar-refractivity contribution < 1.29 is 13.6 Å². The molecule has 5 nitrogen and oxygen atoms in total. The molecule has 0 saturated carbocycles. The number of carbonyl (C=O) groups excluding carboxylic acids is 1. The van der Waals surface area contributed by atoms with Gasteiger partial charge < -0.3 is 9.73 Å². The molecule has 128 valence electrons. The van der Waals surface area contributed by atoms with Crippen LogP contribution in [0.3, 0.4) is 0 Å². The van der Waals surface area contributed by atoms with Gasteiger partial charge in [0, 0.05) is 11.9 Å². The summed E-state index contributed by atoms with van der Waals surface area (Å²) in [4.78, 5) is 20.6. The molecule has 0 atom stereocenters. The molecule has 0 saturated heterocycles. The van der Waals surface area contributed by atoms with E-state index in [1.54, 1.807) is 42.6 Å². The Labute approximate surface area is 152 Å². The van der Waals surface area contributed by atoms with E-state index in [4.69, 9.17) is 16.0 Å². The van der Waals surface area contributed by atoms with Gasteiger partial charge in [0.05, 0.1) is 16.1 Å². The van der Waals surface area contributed by atoms with Crippen LogP contribution in [0.1, 0.15) is 10.4 Å². The number of rotatable bonds is 3. The maximum absolute atomic E-state index is 13.7. The minimum Gasteiger partial charge on any atom is -0.434 e. The van der Waals surface area contributed by atoms with E-state index in [1.807, 2.05) is 0 Å². The quantitative estimate of drug-likeness (QED) is 0.557. The van der Waals surface area contributed by atoms with Gasteiger partial charge in [0.15, 0.2) is 11.2 Å². The number of anilines is 1. The Morgan fingerprint density at radius 2 is 1.96 bits per heavy atom. The van der Waals surface area contributed by atoms with Crippen LogP contribution in [0.15, 0.2) is 65.2 Å². The molecule has 0 spiro atoms. The van der Waals surface area contributed by atoms with Crippen molar-refractivity contribution in [3.05, 3.63) is 77.2 Å². The van der Waals surface area contributed by atoms with Crippen LogP contribution < -0.4 is 5.32 Å². The van der Waals surface area contributed by atoms with Gasteiger partial charge >= 0.3 is 0 Å². The number of hydrogen-bond acceptors (Lipinski definition) is 4. The van der Waals surface area contributed by atoms with Crippen molar-refractivity contribution in [3.63, 3.8) is 0 Å². The Hall–Kier alpha value is -3.25. The number of oxazole rings is 1. The predicted molar refractivity (Wildman–Crippen MR) is 96.6 cm³/mol. The van der Waals surface area contributed by atoms with Gasteiger partial charge in [-0.1, -0.05) is 23.7 Å². The number of nitrogens with zero attached hydrogens (tertiary/aromatic N) is 2. The first-order valence-corrected chi connectivity index (χ1v) is 8.07. The van der Waals surface area contributed by atoms with E-state index in [-0.39, 0.29) is 5.56 Å². The number of carbonyl (C=O) groups is 1. The normalized spacial score (nSPS) is 10.8. The second kappa shape index (κ2) is 6.57. The molecular weight excluding hydrogens is 357 g/mol. The fourth-order valence-electron chi connectivity index (χ4n) is 2.49. The van der Waals surface area contributed by atoms with Crippen molar-refractivity contribution in [3.8, 4) is 11.5 Å². The minimum absolute atomic E-state index is 0.0438. The monoisotopic (exact) mass is 367 g/mol. The number of hydrogen-bond donors (Lipinski definition) is 1. The maximum atomic E-state index is 13.7. The van der Waals surface area contributed by atoms with Crippen LogP contribution in [0, 0.1) is 5.82 Å². The van der Waals surface area contributed by atoms with Gasteiger partial charge in [0.2, 0.25) is 5.89 Å². The van der Waals surface area contributed by atoms with Crippen molar-refractivity contribution in [2.75, 3.05) is 5.32 Å². The van der Waals surface area contributed by atoms with Gasteiger partial charge in [-0.05, 0) is 42.5 Å². The first-order chi connectivity index (χ1) is 12.6. The summed E-state index contributed by atoms with van der Waals surface area (Å²) in [7, 11) is 0. The first kappa shape index (κ1) is 16.2. The van der Waals surface area contributed by atoms with E-state index in [0.717, 1.165) is 0 Å². The molecule has 0 bridgehead atoms. The molecule has 2 heterocycles. The highest BCUT2D eigenvalue weighted by Crippen LogP contribution is 2.31. The average molecular weight is 368 g/mol. The van der Waals surface area contributed by atoms with Gasteiger partial charge in [0.25, 0.3) is 5.91 Å². The lowest BCUT2D eigenvalue weighted by Gasteiger charge is -2.08. The molecule has 0 aliphatic rings. The third-order valence-electron chi connectivity index (χ3n) is 3.74. The summed E-state index contributed by atoms with van der Waals surface area (Å²) >= 11 is 6.31. The number of pyridine rings is 1. The minimum atomic E-state index is -0.591. The fraction of sp³-hybridized carbons (Fsp3) is 0. The topological polar surface area (TPSA) is 68.0 Å². The van der Waals surface area contributed by atoms with Crippen LogP contribution in [0.2, 0.25) is 5.02 Å². The number of fused-ring (bicyclic) bond motifs is 1. The van der Waals surface area contributed by atoms with Crippen LogP contribution in [-0.4, -0.2) is 15.9 Å². The molecular formula is C19H11ClFN3O2. The van der Waals surface area contributed by atoms with E-state index >= 15 is 0 Å². The highest BCUT2D eigenvalue weighted by atomic mass is 35.5. The molecule has 0 fully saturated rings. The SMILES string of the molecule is O=C(Nc1ccc(-c2nc3ncccc3o2)c(Cl)c1)c1ccccc1F. The van der Waals surface area contributed by atoms with Gasteiger partial charge in [-0.25, -0.2) is 9.37 Å². The van der Waals surface area contributed by atoms with Gasteiger partial charge in [0.1, 0.15) is 5.82 Å². The molecule has 4 rings (SSSR count). The summed E-state index contributed by atoms with van der Waals surface area (Å²) in [5, 5.41) is 2.95. The summed E-state index contributed by atoms with van der Waals surface area (Å²) in [6.45, 7) is 0. The zero-order valence-electron chi connectivity index (χ0n) is 13.2. The molecule has 1 N–H and O–H groups in total. The third kappa shape index (κ3) is 3.02. The van der Waals surface area contributed by atoms with Crippen LogP contribution >= 0.6 is 11.6 Å². The van der Waals surface area contributed by atoms with Gasteiger partial charge in [-0.3, -0.25) is 4.79 Å². The zero-order chi connectivity index (χ0) is 18.1. The third-order valence-corrected chi connectivity index (χ3v) is 4.05. The Kier molecular flexibility index (Phi) is 4.10. The van der Waals surface area contributed by atoms with Crippen molar-refractivity contribution in [2.45, 2.75) is 0 Å². The molecule has 0 aliphatic heterocycles. The second-order valence-corrected chi connectivity index (χ2v) is 5.88. The van der Waals surface area contributed by atoms with Gasteiger partial charge in [-0.15, -0.1) is 0 Å². The second-order valence-electron chi connectivity index (χ2n) is 5.47. The fourth-order valence-corrected chi connectivity index (χ4v) is 2.76. The van der Waals surface area contributed by atoms with E-state index in [2.05, 4.69) is 15.3 Å². The smallest absolute Gasteiger partial charge is 0.258 e. The van der Waals surface area contributed by atoms with Crippen LogP contribution in [0.25, 0.3) is 22.7 Å². The first-order valence-electron chi connectivity index (χ1n) is 7.69. The molecule has 2 aromatic heterocycles. The van der Waals surface area contributed by atoms with Gasteiger partial charge in [-0.2, -0.15) is 4.98 Å². The van der Waals surface area contributed by atoms with Crippen LogP contribution in [0.5, 0.6) is 0 Å². The number of halogens is 2. The predicted octanol–water partition coefficient (Wildman–Crippen LogP) is 4.93. The van der Waals surface area contributed by atoms with Crippen molar-refractivity contribution in [1.82, 2.24) is 9.97 Å². The van der Waals surface area contributed by atoms with Crippen molar-refractivity contribution in [1.29, 1.82) is 0 Å². The standard InChI is InChI=1S/C19H11ClFN3O2/c20-14-10-11(23-18(25)13-4-1-2-5-15(13)21)7-8-12(14)19-24-17-16(26-19)6-3-9-22-17/h1-10H,(H,23,25). The Bertz CT molecular complexity index is 1090. The van der Waals surface area contributed by atoms with Crippen molar-refractivity contribution >= 4 is 34.4 Å². The Balaban J connectivity index is 1.62. The molecule has 0 aliphatic carbocycles. The lowest BCUT2D eigenvalue weighted by Crippen LogP contribution is -2.13. The molecule has 1 amide bonds. The lowest BCUT2D eigenvalue weighted by molar-refractivity contribution is 0.102. The van der Waals surface area contributed by atoms with Crippen LogP contribution in [0.4, 0.5) is 10.1 Å². The van der Waals surface area contributed by atoms with E-state index < -0.39 is 11.7 Å². The number of amides is 1. The van der Waals surface area contributed by atoms with E-state index in [0.29, 0.717) is 33.4 Å². The number of nitrogens with one attached hydrogen (secondary N) is 1. The maximum Gasteiger partial charge on any atom is 0.258 e. The molecule has 26 heavy (non-hydrogen) atoms.